The number of para-hydroxylation sites is 1. The number of thiazole rings is 1. The van der Waals surface area contributed by atoms with Crippen LogP contribution in [-0.4, -0.2) is 4.98 Å². The van der Waals surface area contributed by atoms with Crippen molar-refractivity contribution in [3.8, 4) is 9.88 Å². The fourth-order valence-electron chi connectivity index (χ4n) is 1.66. The zero-order valence-corrected chi connectivity index (χ0v) is 10.6. The van der Waals surface area contributed by atoms with Crippen molar-refractivity contribution in [2.45, 2.75) is 13.3 Å². The molecule has 1 nitrogen and oxygen atoms in total. The minimum absolute atomic E-state index is 1.11. The van der Waals surface area contributed by atoms with Crippen LogP contribution in [0.4, 0.5) is 0 Å². The van der Waals surface area contributed by atoms with Gasteiger partial charge in [0.15, 0.2) is 0 Å². The minimum Gasteiger partial charge on any atom is -0.235 e. The van der Waals surface area contributed by atoms with Crippen LogP contribution in [0.15, 0.2) is 36.4 Å². The molecule has 0 aliphatic carbocycles. The summed E-state index contributed by atoms with van der Waals surface area (Å²) in [6.45, 7) is 2.19. The van der Waals surface area contributed by atoms with E-state index in [1.807, 2.05) is 17.4 Å². The highest BCUT2D eigenvalue weighted by molar-refractivity contribution is 7.25. The van der Waals surface area contributed by atoms with E-state index in [1.54, 1.807) is 11.3 Å². The van der Waals surface area contributed by atoms with Gasteiger partial charge in [-0.05, 0) is 30.7 Å². The normalized spacial score (nSPS) is 11.1. The van der Waals surface area contributed by atoms with Crippen molar-refractivity contribution in [2.75, 3.05) is 0 Å². The van der Waals surface area contributed by atoms with Gasteiger partial charge in [-0.15, -0.1) is 22.7 Å². The molecule has 0 bridgehead atoms. The summed E-state index contributed by atoms with van der Waals surface area (Å²) in [4.78, 5) is 7.37. The van der Waals surface area contributed by atoms with Crippen LogP contribution in [-0.2, 0) is 6.42 Å². The van der Waals surface area contributed by atoms with E-state index in [9.17, 15) is 0 Å². The maximum absolute atomic E-state index is 4.66. The van der Waals surface area contributed by atoms with Crippen molar-refractivity contribution >= 4 is 32.9 Å². The summed E-state index contributed by atoms with van der Waals surface area (Å²) < 4.78 is 1.27. The van der Waals surface area contributed by atoms with Gasteiger partial charge in [0, 0.05) is 4.88 Å². The Balaban J connectivity index is 2.11. The Bertz CT molecular complexity index is 588. The molecule has 1 aromatic carbocycles. The molecule has 16 heavy (non-hydrogen) atoms. The number of hydrogen-bond donors (Lipinski definition) is 0. The van der Waals surface area contributed by atoms with Gasteiger partial charge in [-0.1, -0.05) is 19.1 Å². The van der Waals surface area contributed by atoms with Crippen LogP contribution in [0.5, 0.6) is 0 Å². The first-order valence-electron chi connectivity index (χ1n) is 5.31. The number of rotatable bonds is 2. The first kappa shape index (κ1) is 10.00. The molecule has 3 aromatic rings. The average Bonchev–Trinajstić information content (AvgIpc) is 2.95. The molecule has 0 aliphatic heterocycles. The Kier molecular flexibility index (Phi) is 2.50. The fourth-order valence-corrected chi connectivity index (χ4v) is 3.63. The van der Waals surface area contributed by atoms with E-state index in [-0.39, 0.29) is 0 Å². The SMILES string of the molecule is CCc1ccc(-c2nc3ccccc3s2)s1. The lowest BCUT2D eigenvalue weighted by atomic mass is 10.3. The van der Waals surface area contributed by atoms with Gasteiger partial charge in [-0.3, -0.25) is 0 Å². The first-order chi connectivity index (χ1) is 7.86. The van der Waals surface area contributed by atoms with Gasteiger partial charge in [-0.2, -0.15) is 0 Å². The highest BCUT2D eigenvalue weighted by Crippen LogP contribution is 2.34. The van der Waals surface area contributed by atoms with E-state index in [1.165, 1.54) is 14.5 Å². The second-order valence-electron chi connectivity index (χ2n) is 3.61. The Hall–Kier alpha value is -1.19. The van der Waals surface area contributed by atoms with Gasteiger partial charge < -0.3 is 0 Å². The van der Waals surface area contributed by atoms with Crippen LogP contribution in [0, 0.1) is 0 Å². The van der Waals surface area contributed by atoms with Crippen LogP contribution >= 0.6 is 22.7 Å². The Labute approximate surface area is 102 Å². The molecule has 3 heteroatoms. The van der Waals surface area contributed by atoms with Gasteiger partial charge in [0.05, 0.1) is 15.1 Å². The van der Waals surface area contributed by atoms with Crippen molar-refractivity contribution in [2.24, 2.45) is 0 Å². The summed E-state index contributed by atoms with van der Waals surface area (Å²) in [5.74, 6) is 0. The molecule has 0 atom stereocenters. The summed E-state index contributed by atoms with van der Waals surface area (Å²) in [5.41, 5.74) is 1.11. The van der Waals surface area contributed by atoms with Gasteiger partial charge in [0.1, 0.15) is 5.01 Å². The maximum Gasteiger partial charge on any atom is 0.134 e. The van der Waals surface area contributed by atoms with E-state index in [0.717, 1.165) is 16.9 Å². The van der Waals surface area contributed by atoms with E-state index in [2.05, 4.69) is 42.2 Å². The maximum atomic E-state index is 4.66. The second-order valence-corrected chi connectivity index (χ2v) is 5.81. The largest absolute Gasteiger partial charge is 0.235 e. The Morgan fingerprint density at radius 3 is 2.69 bits per heavy atom. The van der Waals surface area contributed by atoms with Crippen molar-refractivity contribution in [1.82, 2.24) is 4.98 Å². The molecule has 0 fully saturated rings. The van der Waals surface area contributed by atoms with Crippen LogP contribution in [0.25, 0.3) is 20.1 Å². The number of aromatic nitrogens is 1. The third-order valence-corrected chi connectivity index (χ3v) is 4.95. The molecule has 0 saturated carbocycles. The Morgan fingerprint density at radius 1 is 1.06 bits per heavy atom. The summed E-state index contributed by atoms with van der Waals surface area (Å²) in [6.07, 6.45) is 1.11. The predicted molar refractivity (Wildman–Crippen MR) is 72.3 cm³/mol. The van der Waals surface area contributed by atoms with Crippen LogP contribution in [0.2, 0.25) is 0 Å². The van der Waals surface area contributed by atoms with Gasteiger partial charge >= 0.3 is 0 Å². The number of thiophene rings is 1. The monoisotopic (exact) mass is 245 g/mol. The minimum atomic E-state index is 1.11. The number of hydrogen-bond acceptors (Lipinski definition) is 3. The van der Waals surface area contributed by atoms with Crippen molar-refractivity contribution in [1.29, 1.82) is 0 Å². The van der Waals surface area contributed by atoms with Crippen molar-refractivity contribution < 1.29 is 0 Å². The zero-order chi connectivity index (χ0) is 11.0. The lowest BCUT2D eigenvalue weighted by molar-refractivity contribution is 1.19. The second kappa shape index (κ2) is 4.00. The van der Waals surface area contributed by atoms with Crippen molar-refractivity contribution in [3.63, 3.8) is 0 Å². The number of benzene rings is 1. The van der Waals surface area contributed by atoms with E-state index < -0.39 is 0 Å². The molecule has 0 amide bonds. The molecule has 2 aromatic heterocycles. The summed E-state index contributed by atoms with van der Waals surface area (Å²) in [6, 6.07) is 12.7. The quantitative estimate of drug-likeness (QED) is 0.643. The van der Waals surface area contributed by atoms with Gasteiger partial charge in [0.2, 0.25) is 0 Å². The summed E-state index contributed by atoms with van der Waals surface area (Å²) in [7, 11) is 0. The number of nitrogens with zero attached hydrogens (tertiary/aromatic N) is 1. The molecule has 3 rings (SSSR count). The average molecular weight is 245 g/mol. The van der Waals surface area contributed by atoms with Crippen LogP contribution in [0.1, 0.15) is 11.8 Å². The van der Waals surface area contributed by atoms with Gasteiger partial charge in [-0.25, -0.2) is 4.98 Å². The standard InChI is InChI=1S/C13H11NS2/c1-2-9-7-8-12(15-9)13-14-10-5-3-4-6-11(10)16-13/h3-8H,2H2,1H3. The Morgan fingerprint density at radius 2 is 1.94 bits per heavy atom. The molecular weight excluding hydrogens is 234 g/mol. The molecule has 0 radical (unpaired) electrons. The third-order valence-electron chi connectivity index (χ3n) is 2.51. The molecule has 2 heterocycles. The van der Waals surface area contributed by atoms with Gasteiger partial charge in [0.25, 0.3) is 0 Å². The summed E-state index contributed by atoms with van der Waals surface area (Å²) in [5, 5.41) is 1.14. The lowest BCUT2D eigenvalue weighted by Crippen LogP contribution is -1.68. The predicted octanol–water partition coefficient (Wildman–Crippen LogP) is 4.59. The van der Waals surface area contributed by atoms with E-state index >= 15 is 0 Å². The fraction of sp³-hybridized carbons (Fsp3) is 0.154. The molecule has 0 saturated heterocycles. The molecule has 0 spiro atoms. The zero-order valence-electron chi connectivity index (χ0n) is 8.93. The number of fused-ring (bicyclic) bond motifs is 1. The molecule has 0 N–H and O–H groups in total. The van der Waals surface area contributed by atoms with Crippen LogP contribution < -0.4 is 0 Å². The molecular formula is C13H11NS2. The third kappa shape index (κ3) is 1.66. The molecule has 80 valence electrons. The first-order valence-corrected chi connectivity index (χ1v) is 6.95. The smallest absolute Gasteiger partial charge is 0.134 e. The van der Waals surface area contributed by atoms with E-state index in [0.29, 0.717) is 0 Å². The van der Waals surface area contributed by atoms with Crippen molar-refractivity contribution in [3.05, 3.63) is 41.3 Å². The number of aryl methyl sites for hydroxylation is 1. The van der Waals surface area contributed by atoms with E-state index in [4.69, 9.17) is 0 Å². The topological polar surface area (TPSA) is 12.9 Å². The highest BCUT2D eigenvalue weighted by atomic mass is 32.1. The lowest BCUT2D eigenvalue weighted by Gasteiger charge is -1.86. The summed E-state index contributed by atoms with van der Waals surface area (Å²) >= 11 is 3.62. The molecule has 0 unspecified atom stereocenters. The van der Waals surface area contributed by atoms with Crippen LogP contribution in [0.3, 0.4) is 0 Å². The highest BCUT2D eigenvalue weighted by Gasteiger charge is 2.07. The molecule has 0 aliphatic rings.